The Morgan fingerprint density at radius 3 is 2.96 bits per heavy atom. The first-order valence-electron chi connectivity index (χ1n) is 9.26. The Bertz CT molecular complexity index is 1060. The van der Waals surface area contributed by atoms with Crippen LogP contribution in [0.2, 0.25) is 0 Å². The summed E-state index contributed by atoms with van der Waals surface area (Å²) in [6.07, 6.45) is 5.08. The number of hydrazone groups is 1. The minimum atomic E-state index is -0.200. The van der Waals surface area contributed by atoms with Crippen LogP contribution in [0.4, 0.5) is 11.6 Å². The molecular weight excluding hydrogens is 354 g/mol. The minimum absolute atomic E-state index is 0.200. The maximum atomic E-state index is 12.5. The molecule has 0 radical (unpaired) electrons. The summed E-state index contributed by atoms with van der Waals surface area (Å²) in [4.78, 5) is 19.9. The zero-order valence-electron chi connectivity index (χ0n) is 16.4. The number of anilines is 2. The molecule has 8 heteroatoms. The quantitative estimate of drug-likeness (QED) is 0.463. The number of nitrogens with zero attached hydrogens (tertiary/aromatic N) is 5. The number of aryl methyl sites for hydroxylation is 2. The molecule has 3 rings (SSSR count). The van der Waals surface area contributed by atoms with Gasteiger partial charge in [-0.25, -0.2) is 9.99 Å². The monoisotopic (exact) mass is 379 g/mol. The highest BCUT2D eigenvalue weighted by Gasteiger charge is 2.14. The molecule has 0 amide bonds. The molecular formula is C20H25N7O. The smallest absolute Gasteiger partial charge is 0.278 e. The van der Waals surface area contributed by atoms with Gasteiger partial charge in [-0.15, -0.1) is 0 Å². The first kappa shape index (κ1) is 19.3. The number of hydrogen-bond acceptors (Lipinski definition) is 6. The maximum absolute atomic E-state index is 12.5. The second kappa shape index (κ2) is 8.51. The number of H-pyrrole nitrogens is 1. The molecule has 146 valence electrons. The molecule has 28 heavy (non-hydrogen) atoms. The third-order valence-electron chi connectivity index (χ3n) is 4.30. The van der Waals surface area contributed by atoms with Crippen LogP contribution in [0.5, 0.6) is 0 Å². The van der Waals surface area contributed by atoms with E-state index >= 15 is 0 Å². The molecule has 2 heterocycles. The van der Waals surface area contributed by atoms with E-state index in [1.54, 1.807) is 29.2 Å². The van der Waals surface area contributed by atoms with Crippen molar-refractivity contribution in [3.05, 3.63) is 58.7 Å². The maximum Gasteiger partial charge on any atom is 0.278 e. The molecule has 2 aromatic heterocycles. The predicted molar refractivity (Wildman–Crippen MR) is 114 cm³/mol. The van der Waals surface area contributed by atoms with Crippen molar-refractivity contribution in [3.8, 4) is 0 Å². The molecule has 8 nitrogen and oxygen atoms in total. The lowest BCUT2D eigenvalue weighted by Gasteiger charge is -2.15. The Morgan fingerprint density at radius 1 is 1.43 bits per heavy atom. The number of hydrogen-bond donors (Lipinski definition) is 2. The highest BCUT2D eigenvalue weighted by atomic mass is 16.1. The van der Waals surface area contributed by atoms with Gasteiger partial charge in [-0.3, -0.25) is 14.5 Å². The van der Waals surface area contributed by atoms with Gasteiger partial charge in [0.1, 0.15) is 5.52 Å². The zero-order chi connectivity index (χ0) is 20.1. The predicted octanol–water partition coefficient (Wildman–Crippen LogP) is 3.18. The van der Waals surface area contributed by atoms with Crippen molar-refractivity contribution >= 4 is 28.9 Å². The third kappa shape index (κ3) is 3.95. The Kier molecular flexibility index (Phi) is 5.88. The number of aromatic amines is 1. The highest BCUT2D eigenvalue weighted by molar-refractivity contribution is 5.77. The summed E-state index contributed by atoms with van der Waals surface area (Å²) in [6, 6.07) is 7.91. The van der Waals surface area contributed by atoms with Crippen LogP contribution in [0, 0.1) is 0 Å². The fraction of sp³-hybridized carbons (Fsp3) is 0.300. The molecule has 0 saturated carbocycles. The molecule has 0 aliphatic rings. The Morgan fingerprint density at radius 2 is 2.25 bits per heavy atom. The molecule has 0 fully saturated rings. The lowest BCUT2D eigenvalue weighted by molar-refractivity contribution is 0.751. The van der Waals surface area contributed by atoms with Gasteiger partial charge in [0.25, 0.3) is 5.56 Å². The molecule has 0 atom stereocenters. The average Bonchev–Trinajstić information content (AvgIpc) is 3.01. The Hall–Kier alpha value is -3.42. The van der Waals surface area contributed by atoms with E-state index in [9.17, 15) is 4.79 Å². The Balaban J connectivity index is 1.85. The number of fused-ring (bicyclic) bond motifs is 1. The molecule has 0 saturated heterocycles. The van der Waals surface area contributed by atoms with Crippen LogP contribution in [-0.2, 0) is 20.0 Å². The van der Waals surface area contributed by atoms with Crippen LogP contribution in [0.3, 0.4) is 0 Å². The molecule has 1 aromatic carbocycles. The average molecular weight is 379 g/mol. The minimum Gasteiger partial charge on any atom is -0.352 e. The number of nitrogens with one attached hydrogen (secondary N) is 2. The molecule has 0 aliphatic heterocycles. The fourth-order valence-electron chi connectivity index (χ4n) is 3.07. The van der Waals surface area contributed by atoms with Gasteiger partial charge in [0, 0.05) is 26.0 Å². The van der Waals surface area contributed by atoms with Gasteiger partial charge in [0.05, 0.1) is 11.4 Å². The van der Waals surface area contributed by atoms with Gasteiger partial charge in [0.15, 0.2) is 5.52 Å². The first-order valence-corrected chi connectivity index (χ1v) is 9.26. The van der Waals surface area contributed by atoms with Crippen LogP contribution >= 0.6 is 0 Å². The van der Waals surface area contributed by atoms with E-state index in [-0.39, 0.29) is 5.56 Å². The van der Waals surface area contributed by atoms with Gasteiger partial charge in [-0.05, 0) is 31.0 Å². The molecule has 2 N–H and O–H groups in total. The van der Waals surface area contributed by atoms with Crippen LogP contribution < -0.4 is 15.9 Å². The largest absolute Gasteiger partial charge is 0.352 e. The topological polar surface area (TPSA) is 91.2 Å². The summed E-state index contributed by atoms with van der Waals surface area (Å²) in [5.41, 5.74) is 3.72. The van der Waals surface area contributed by atoms with Crippen molar-refractivity contribution in [2.45, 2.75) is 33.2 Å². The van der Waals surface area contributed by atoms with E-state index in [1.807, 2.05) is 31.2 Å². The fourth-order valence-corrected chi connectivity index (χ4v) is 3.07. The van der Waals surface area contributed by atoms with E-state index in [2.05, 4.69) is 39.0 Å². The standard InChI is InChI=1S/C20H25N7O/c1-5-9-16-17-18(26(4)25-16)19(28)24-20(23-17)21-13-14-10-8-11-15(12-14)27(7-3)22-6-2/h6-8,10-12H,3,5,9,13H2,1-2,4H3,(H2,21,23,24,28)/b22-6-. The molecule has 0 unspecified atom stereocenters. The second-order valence-electron chi connectivity index (χ2n) is 6.36. The summed E-state index contributed by atoms with van der Waals surface area (Å²) in [5, 5.41) is 13.6. The van der Waals surface area contributed by atoms with E-state index in [0.29, 0.717) is 23.5 Å². The summed E-state index contributed by atoms with van der Waals surface area (Å²) in [5.74, 6) is 0.431. The van der Waals surface area contributed by atoms with Gasteiger partial charge in [0.2, 0.25) is 5.95 Å². The number of benzene rings is 1. The van der Waals surface area contributed by atoms with Crippen LogP contribution in [0.1, 0.15) is 31.5 Å². The summed E-state index contributed by atoms with van der Waals surface area (Å²) in [7, 11) is 1.77. The third-order valence-corrected chi connectivity index (χ3v) is 4.30. The molecule has 0 spiro atoms. The summed E-state index contributed by atoms with van der Waals surface area (Å²) < 4.78 is 1.59. The van der Waals surface area contributed by atoms with Crippen molar-refractivity contribution in [2.75, 3.05) is 10.3 Å². The normalized spacial score (nSPS) is 11.2. The van der Waals surface area contributed by atoms with Gasteiger partial charge in [-0.2, -0.15) is 10.2 Å². The first-order chi connectivity index (χ1) is 13.6. The van der Waals surface area contributed by atoms with Crippen LogP contribution in [0.25, 0.3) is 11.0 Å². The lowest BCUT2D eigenvalue weighted by atomic mass is 10.2. The SMILES string of the molecule is C=CN(/N=C\C)c1cccc(CNc2nc3c(CCC)nn(C)c3c(=O)[nH]2)c1. The summed E-state index contributed by atoms with van der Waals surface area (Å²) in [6.45, 7) is 8.22. The van der Waals surface area contributed by atoms with Crippen molar-refractivity contribution in [3.63, 3.8) is 0 Å². The van der Waals surface area contributed by atoms with Gasteiger partial charge >= 0.3 is 0 Å². The van der Waals surface area contributed by atoms with Crippen molar-refractivity contribution < 1.29 is 0 Å². The van der Waals surface area contributed by atoms with Crippen LogP contribution in [-0.4, -0.2) is 26.0 Å². The van der Waals surface area contributed by atoms with E-state index < -0.39 is 0 Å². The number of aromatic nitrogens is 4. The van der Waals surface area contributed by atoms with Crippen molar-refractivity contribution in [1.82, 2.24) is 19.7 Å². The zero-order valence-corrected chi connectivity index (χ0v) is 16.4. The van der Waals surface area contributed by atoms with E-state index in [0.717, 1.165) is 29.8 Å². The Labute approximate surface area is 163 Å². The van der Waals surface area contributed by atoms with Gasteiger partial charge < -0.3 is 5.32 Å². The second-order valence-corrected chi connectivity index (χ2v) is 6.36. The molecule has 0 bridgehead atoms. The van der Waals surface area contributed by atoms with Gasteiger partial charge in [-0.1, -0.05) is 32.1 Å². The van der Waals surface area contributed by atoms with Crippen LogP contribution in [0.15, 0.2) is 46.9 Å². The number of rotatable bonds is 8. The van der Waals surface area contributed by atoms with Crippen molar-refractivity contribution in [1.29, 1.82) is 0 Å². The molecule has 3 aromatic rings. The van der Waals surface area contributed by atoms with E-state index in [1.165, 1.54) is 0 Å². The van der Waals surface area contributed by atoms with E-state index in [4.69, 9.17) is 0 Å². The lowest BCUT2D eigenvalue weighted by Crippen LogP contribution is -2.15. The molecule has 0 aliphatic carbocycles. The van der Waals surface area contributed by atoms with Crippen molar-refractivity contribution in [2.24, 2.45) is 12.1 Å². The summed E-state index contributed by atoms with van der Waals surface area (Å²) >= 11 is 0. The highest BCUT2D eigenvalue weighted by Crippen LogP contribution is 2.18.